The summed E-state index contributed by atoms with van der Waals surface area (Å²) in [6.07, 6.45) is -0.310. The largest absolute Gasteiger partial charge is 0.458 e. The number of aliphatic hydroxyl groups excluding tert-OH is 1. The zero-order chi connectivity index (χ0) is 14.7. The van der Waals surface area contributed by atoms with Crippen LogP contribution < -0.4 is 5.32 Å². The summed E-state index contributed by atoms with van der Waals surface area (Å²) in [5.74, 6) is 0.411. The maximum atomic E-state index is 11.8. The molecule has 0 spiro atoms. The monoisotopic (exact) mass is 301 g/mol. The SMILES string of the molecule is O=C(NCC[C@@H](O)c1cc2ccccc2o1)c1ccsc1. The number of furan rings is 1. The third-order valence-corrected chi connectivity index (χ3v) is 3.94. The van der Waals surface area contributed by atoms with Crippen molar-refractivity contribution in [1.29, 1.82) is 0 Å². The van der Waals surface area contributed by atoms with Crippen molar-refractivity contribution < 1.29 is 14.3 Å². The van der Waals surface area contributed by atoms with Crippen LogP contribution in [0.2, 0.25) is 0 Å². The smallest absolute Gasteiger partial charge is 0.252 e. The van der Waals surface area contributed by atoms with Crippen LogP contribution in [0.5, 0.6) is 0 Å². The molecule has 5 heteroatoms. The molecule has 0 aliphatic heterocycles. The van der Waals surface area contributed by atoms with Gasteiger partial charge in [-0.3, -0.25) is 4.79 Å². The summed E-state index contributed by atoms with van der Waals surface area (Å²) in [6.45, 7) is 0.396. The fourth-order valence-electron chi connectivity index (χ4n) is 2.13. The quantitative estimate of drug-likeness (QED) is 0.759. The molecule has 2 heterocycles. The molecule has 21 heavy (non-hydrogen) atoms. The van der Waals surface area contributed by atoms with Gasteiger partial charge in [-0.25, -0.2) is 0 Å². The van der Waals surface area contributed by atoms with Gasteiger partial charge in [0.15, 0.2) is 0 Å². The lowest BCUT2D eigenvalue weighted by Crippen LogP contribution is -2.25. The van der Waals surface area contributed by atoms with E-state index in [1.807, 2.05) is 35.7 Å². The predicted molar refractivity (Wildman–Crippen MR) is 82.4 cm³/mol. The van der Waals surface area contributed by atoms with Gasteiger partial charge in [0.2, 0.25) is 0 Å². The van der Waals surface area contributed by atoms with Crippen LogP contribution in [-0.4, -0.2) is 17.6 Å². The first-order chi connectivity index (χ1) is 10.2. The van der Waals surface area contributed by atoms with Crippen molar-refractivity contribution >= 4 is 28.2 Å². The minimum Gasteiger partial charge on any atom is -0.458 e. The van der Waals surface area contributed by atoms with Crippen molar-refractivity contribution in [3.63, 3.8) is 0 Å². The van der Waals surface area contributed by atoms with Crippen LogP contribution in [-0.2, 0) is 0 Å². The van der Waals surface area contributed by atoms with E-state index in [1.165, 1.54) is 11.3 Å². The van der Waals surface area contributed by atoms with E-state index in [0.29, 0.717) is 24.3 Å². The number of hydrogen-bond donors (Lipinski definition) is 2. The van der Waals surface area contributed by atoms with E-state index in [1.54, 1.807) is 11.4 Å². The molecule has 0 bridgehead atoms. The van der Waals surface area contributed by atoms with E-state index < -0.39 is 6.10 Å². The van der Waals surface area contributed by atoms with Crippen molar-refractivity contribution in [3.05, 3.63) is 58.5 Å². The second kappa shape index (κ2) is 6.11. The number of carbonyl (C=O) groups excluding carboxylic acids is 1. The van der Waals surface area contributed by atoms with Gasteiger partial charge < -0.3 is 14.8 Å². The molecule has 0 radical (unpaired) electrons. The molecule has 0 unspecified atom stereocenters. The van der Waals surface area contributed by atoms with E-state index >= 15 is 0 Å². The van der Waals surface area contributed by atoms with Gasteiger partial charge >= 0.3 is 0 Å². The summed E-state index contributed by atoms with van der Waals surface area (Å²) in [5.41, 5.74) is 1.41. The van der Waals surface area contributed by atoms with Crippen molar-refractivity contribution in [2.24, 2.45) is 0 Å². The summed E-state index contributed by atoms with van der Waals surface area (Å²) >= 11 is 1.48. The minimum atomic E-state index is -0.722. The molecule has 4 nitrogen and oxygen atoms in total. The molecule has 0 saturated heterocycles. The number of aliphatic hydroxyl groups is 1. The van der Waals surface area contributed by atoms with Crippen molar-refractivity contribution in [2.45, 2.75) is 12.5 Å². The number of para-hydroxylation sites is 1. The number of thiophene rings is 1. The van der Waals surface area contributed by atoms with Crippen LogP contribution in [0, 0.1) is 0 Å². The van der Waals surface area contributed by atoms with Gasteiger partial charge in [0, 0.05) is 22.9 Å². The highest BCUT2D eigenvalue weighted by molar-refractivity contribution is 7.08. The third kappa shape index (κ3) is 3.15. The molecule has 0 aliphatic carbocycles. The second-order valence-corrected chi connectivity index (χ2v) is 5.54. The van der Waals surface area contributed by atoms with Crippen LogP contribution in [0.4, 0.5) is 0 Å². The molecule has 0 aliphatic rings. The molecule has 2 aromatic heterocycles. The predicted octanol–water partition coefficient (Wildman–Crippen LogP) is 3.35. The van der Waals surface area contributed by atoms with Gasteiger partial charge in [-0.15, -0.1) is 0 Å². The lowest BCUT2D eigenvalue weighted by molar-refractivity contribution is 0.0937. The summed E-state index contributed by atoms with van der Waals surface area (Å²) in [7, 11) is 0. The lowest BCUT2D eigenvalue weighted by Gasteiger charge is -2.08. The van der Waals surface area contributed by atoms with Crippen molar-refractivity contribution in [2.75, 3.05) is 6.54 Å². The van der Waals surface area contributed by atoms with Crippen LogP contribution in [0.3, 0.4) is 0 Å². The van der Waals surface area contributed by atoms with Gasteiger partial charge in [0.1, 0.15) is 17.4 Å². The standard InChI is InChI=1S/C16H15NO3S/c18-13(5-7-17-16(19)12-6-8-21-10-12)15-9-11-3-1-2-4-14(11)20-15/h1-4,6,8-10,13,18H,5,7H2,(H,17,19)/t13-/m1/s1. The Kier molecular flexibility index (Phi) is 4.03. The number of hydrogen-bond acceptors (Lipinski definition) is 4. The Morgan fingerprint density at radius 3 is 2.95 bits per heavy atom. The molecule has 1 atom stereocenters. The summed E-state index contributed by atoms with van der Waals surface area (Å²) in [6, 6.07) is 11.2. The molecule has 3 rings (SSSR count). The molecule has 2 N–H and O–H groups in total. The highest BCUT2D eigenvalue weighted by atomic mass is 32.1. The zero-order valence-electron chi connectivity index (χ0n) is 11.3. The van der Waals surface area contributed by atoms with Gasteiger partial charge in [-0.05, 0) is 30.0 Å². The number of fused-ring (bicyclic) bond motifs is 1. The molecule has 0 saturated carbocycles. The van der Waals surface area contributed by atoms with E-state index in [0.717, 1.165) is 11.0 Å². The Labute approximate surface area is 126 Å². The van der Waals surface area contributed by atoms with Gasteiger partial charge in [-0.1, -0.05) is 18.2 Å². The molecule has 1 aromatic carbocycles. The van der Waals surface area contributed by atoms with Gasteiger partial charge in [0.05, 0.1) is 0 Å². The normalized spacial score (nSPS) is 12.4. The van der Waals surface area contributed by atoms with Crippen LogP contribution in [0.15, 0.2) is 51.6 Å². The third-order valence-electron chi connectivity index (χ3n) is 3.26. The number of amides is 1. The highest BCUT2D eigenvalue weighted by Gasteiger charge is 2.14. The van der Waals surface area contributed by atoms with Crippen molar-refractivity contribution in [3.8, 4) is 0 Å². The van der Waals surface area contributed by atoms with E-state index in [9.17, 15) is 9.90 Å². The maximum absolute atomic E-state index is 11.8. The number of rotatable bonds is 5. The molecular weight excluding hydrogens is 286 g/mol. The minimum absolute atomic E-state index is 0.118. The maximum Gasteiger partial charge on any atom is 0.252 e. The van der Waals surface area contributed by atoms with E-state index in [4.69, 9.17) is 4.42 Å². The van der Waals surface area contributed by atoms with Crippen molar-refractivity contribution in [1.82, 2.24) is 5.32 Å². The fraction of sp³-hybridized carbons (Fsp3) is 0.188. The van der Waals surface area contributed by atoms with Gasteiger partial charge in [-0.2, -0.15) is 11.3 Å². The topological polar surface area (TPSA) is 62.5 Å². The average molecular weight is 301 g/mol. The molecule has 108 valence electrons. The van der Waals surface area contributed by atoms with Crippen LogP contribution in [0.25, 0.3) is 11.0 Å². The summed E-state index contributed by atoms with van der Waals surface area (Å²) < 4.78 is 5.60. The van der Waals surface area contributed by atoms with E-state index in [2.05, 4.69) is 5.32 Å². The summed E-state index contributed by atoms with van der Waals surface area (Å²) in [4.78, 5) is 11.8. The van der Waals surface area contributed by atoms with E-state index in [-0.39, 0.29) is 5.91 Å². The first-order valence-electron chi connectivity index (χ1n) is 6.71. The number of carbonyl (C=O) groups is 1. The number of nitrogens with one attached hydrogen (secondary N) is 1. The Morgan fingerprint density at radius 2 is 2.19 bits per heavy atom. The Hall–Kier alpha value is -2.11. The highest BCUT2D eigenvalue weighted by Crippen LogP contribution is 2.25. The Bertz CT molecular complexity index is 700. The summed E-state index contributed by atoms with van der Waals surface area (Å²) in [5, 5.41) is 17.5. The Morgan fingerprint density at radius 1 is 1.33 bits per heavy atom. The van der Waals surface area contributed by atoms with Crippen LogP contribution in [0.1, 0.15) is 28.6 Å². The van der Waals surface area contributed by atoms with Gasteiger partial charge in [0.25, 0.3) is 5.91 Å². The second-order valence-electron chi connectivity index (χ2n) is 4.76. The lowest BCUT2D eigenvalue weighted by atomic mass is 10.2. The van der Waals surface area contributed by atoms with Crippen LogP contribution >= 0.6 is 11.3 Å². The number of benzene rings is 1. The fourth-order valence-corrected chi connectivity index (χ4v) is 2.76. The average Bonchev–Trinajstić information content (AvgIpc) is 3.16. The molecule has 0 fully saturated rings. The molecule has 1 amide bonds. The molecule has 3 aromatic rings. The molecular formula is C16H15NO3S. The first kappa shape index (κ1) is 13.9. The zero-order valence-corrected chi connectivity index (χ0v) is 12.1. The first-order valence-corrected chi connectivity index (χ1v) is 7.65. The Balaban J connectivity index is 1.56.